The second-order valence-electron chi connectivity index (χ2n) is 11.9. The van der Waals surface area contributed by atoms with Crippen LogP contribution in [-0.2, 0) is 20.7 Å². The van der Waals surface area contributed by atoms with Crippen LogP contribution in [-0.4, -0.2) is 98.4 Å². The Morgan fingerprint density at radius 1 is 0.758 bits per heavy atom. The summed E-state index contributed by atoms with van der Waals surface area (Å²) in [5, 5.41) is 34.9. The highest BCUT2D eigenvalue weighted by Gasteiger charge is 2.22. The highest BCUT2D eigenvalue weighted by Crippen LogP contribution is 2.44. The monoisotopic (exact) mass is 1080 g/mol. The molecule has 62 heavy (non-hydrogen) atoms. The summed E-state index contributed by atoms with van der Waals surface area (Å²) in [5.41, 5.74) is 3.21. The molecule has 0 spiro atoms. The minimum Gasteiger partial charge on any atom is -0.494 e. The number of nitrogens with one attached hydrogen (secondary N) is 2. The molecule has 0 saturated heterocycles. The minimum absolute atomic E-state index is 0.0373. The van der Waals surface area contributed by atoms with E-state index in [1.54, 1.807) is 19.2 Å². The number of hydrogen-bond donors (Lipinski definition) is 4. The second-order valence-corrected chi connectivity index (χ2v) is 19.6. The van der Waals surface area contributed by atoms with Gasteiger partial charge in [-0.05, 0) is 89.9 Å². The Morgan fingerprint density at radius 3 is 1.68 bits per heavy atom. The van der Waals surface area contributed by atoms with Gasteiger partial charge in [-0.15, -0.1) is 55.8 Å². The van der Waals surface area contributed by atoms with Gasteiger partial charge in [0.25, 0.3) is 10.1 Å². The van der Waals surface area contributed by atoms with Crippen molar-refractivity contribution in [2.24, 2.45) is 20.5 Å². The van der Waals surface area contributed by atoms with Gasteiger partial charge in [-0.2, -0.15) is 23.4 Å². The molecule has 0 aliphatic heterocycles. The lowest BCUT2D eigenvalue weighted by Crippen LogP contribution is -2.22. The molecule has 20 nitrogen and oxygen atoms in total. The van der Waals surface area contributed by atoms with Gasteiger partial charge in [0.05, 0.1) is 51.1 Å². The van der Waals surface area contributed by atoms with Crippen molar-refractivity contribution >= 4 is 143 Å². The Bertz CT molecular complexity index is 2600. The standard InChI is InChI=1S/C35H41Br2N11O6S4.O3S/c1-7-47(8-2)24-15-20(22(17-26(24)53-5)43-45-31-12-11-29(36)56-31)38-33-40-34(42-35(41-33)55-14-13-49)39-21-16-25(48(9-3)10-4)27(54-6)18-23(21)44-46-32-28(58(50,51)52)19-30(37)57-32;1-4(2)3/h11-12,15-19,49H,7-10,13-14H2,1-6H3,(H,50,51,52)(H2,38,39,40,41,42);. The number of ether oxygens (including phenoxy) is 2. The maximum atomic E-state index is 12.1. The first kappa shape index (κ1) is 50.3. The van der Waals surface area contributed by atoms with Crippen LogP contribution in [0.4, 0.5) is 56.0 Å². The minimum atomic E-state index is -4.59. The van der Waals surface area contributed by atoms with Crippen LogP contribution in [0.5, 0.6) is 11.5 Å². The molecule has 0 saturated carbocycles. The van der Waals surface area contributed by atoms with E-state index in [2.05, 4.69) is 96.6 Å². The van der Waals surface area contributed by atoms with Crippen LogP contribution >= 0.6 is 66.3 Å². The topological polar surface area (TPSA) is 263 Å². The fourth-order valence-corrected chi connectivity index (χ4v) is 9.74. The molecule has 0 aliphatic carbocycles. The van der Waals surface area contributed by atoms with Crippen molar-refractivity contribution in [3.8, 4) is 11.5 Å². The third-order valence-electron chi connectivity index (χ3n) is 8.22. The molecule has 4 N–H and O–H groups in total. The quantitative estimate of drug-likeness (QED) is 0.0321. The Labute approximate surface area is 388 Å². The van der Waals surface area contributed by atoms with Crippen molar-refractivity contribution in [1.82, 2.24) is 15.0 Å². The predicted molar refractivity (Wildman–Crippen MR) is 249 cm³/mol. The van der Waals surface area contributed by atoms with Crippen molar-refractivity contribution in [2.75, 3.05) is 73.2 Å². The Balaban J connectivity index is 0.00000202. The van der Waals surface area contributed by atoms with Crippen LogP contribution < -0.4 is 29.9 Å². The average molecular weight is 1080 g/mol. The molecule has 5 rings (SSSR count). The number of thiophene rings is 2. The average Bonchev–Trinajstić information content (AvgIpc) is 3.84. The zero-order chi connectivity index (χ0) is 45.6. The number of nitrogens with zero attached hydrogens (tertiary/aromatic N) is 9. The Kier molecular flexibility index (Phi) is 19.4. The summed E-state index contributed by atoms with van der Waals surface area (Å²) in [5.74, 6) is 1.69. The number of azo groups is 2. The lowest BCUT2D eigenvalue weighted by molar-refractivity contribution is 0.322. The largest absolute Gasteiger partial charge is 0.494 e. The van der Waals surface area contributed by atoms with Crippen LogP contribution in [0, 0.1) is 0 Å². The molecule has 0 radical (unpaired) electrons. The maximum absolute atomic E-state index is 12.1. The van der Waals surface area contributed by atoms with Gasteiger partial charge < -0.3 is 35.0 Å². The molecule has 0 amide bonds. The van der Waals surface area contributed by atoms with Gasteiger partial charge in [-0.25, -0.2) is 0 Å². The van der Waals surface area contributed by atoms with Gasteiger partial charge in [0, 0.05) is 44.1 Å². The van der Waals surface area contributed by atoms with Crippen LogP contribution in [0.2, 0.25) is 0 Å². The van der Waals surface area contributed by atoms with E-state index in [0.29, 0.717) is 61.3 Å². The first-order chi connectivity index (χ1) is 29.6. The molecule has 5 aromatic rings. The van der Waals surface area contributed by atoms with Crippen molar-refractivity contribution in [2.45, 2.75) is 37.7 Å². The van der Waals surface area contributed by atoms with Crippen LogP contribution in [0.1, 0.15) is 27.7 Å². The van der Waals surface area contributed by atoms with E-state index in [9.17, 15) is 18.1 Å². The third-order valence-corrected chi connectivity index (χ3v) is 13.1. The number of hydrogen-bond acceptors (Lipinski definition) is 22. The van der Waals surface area contributed by atoms with E-state index < -0.39 is 25.6 Å². The van der Waals surface area contributed by atoms with Gasteiger partial charge >= 0.3 is 10.6 Å². The Morgan fingerprint density at radius 2 is 1.26 bits per heavy atom. The normalized spacial score (nSPS) is 11.4. The number of rotatable bonds is 20. The van der Waals surface area contributed by atoms with E-state index in [4.69, 9.17) is 27.1 Å². The first-order valence-corrected chi connectivity index (χ1v) is 24.8. The molecule has 3 aromatic heterocycles. The zero-order valence-electron chi connectivity index (χ0n) is 33.9. The second kappa shape index (κ2) is 23.9. The zero-order valence-corrected chi connectivity index (χ0v) is 41.1. The Hall–Kier alpha value is -4.35. The SMILES string of the molecule is CCN(CC)c1cc(Nc2nc(Nc3cc(N(CC)CC)c(OC)cc3N=Nc3sc(Br)cc3S(=O)(=O)O)nc(SCCO)n2)c(N=Nc2ccc(Br)s2)cc1OC.O=S(=O)=O. The molecular weight excluding hydrogens is 1040 g/mol. The summed E-state index contributed by atoms with van der Waals surface area (Å²) in [6, 6.07) is 12.2. The molecule has 334 valence electrons. The van der Waals surface area contributed by atoms with Crippen molar-refractivity contribution in [3.05, 3.63) is 50.0 Å². The molecular formula is C35H41Br2N11O9S5. The summed E-state index contributed by atoms with van der Waals surface area (Å²) < 4.78 is 72.3. The van der Waals surface area contributed by atoms with Crippen molar-refractivity contribution in [3.63, 3.8) is 0 Å². The highest BCUT2D eigenvalue weighted by atomic mass is 79.9. The molecule has 2 aromatic carbocycles. The summed E-state index contributed by atoms with van der Waals surface area (Å²) in [6.45, 7) is 10.8. The first-order valence-electron chi connectivity index (χ1n) is 18.2. The number of halogens is 2. The van der Waals surface area contributed by atoms with E-state index in [1.807, 2.05) is 38.1 Å². The maximum Gasteiger partial charge on any atom is 0.425 e. The van der Waals surface area contributed by atoms with E-state index in [0.717, 1.165) is 39.6 Å². The fraction of sp³-hybridized carbons (Fsp3) is 0.343. The number of thioether (sulfide) groups is 1. The molecule has 0 aliphatic rings. The summed E-state index contributed by atoms with van der Waals surface area (Å²) >= 11 is 10.4. The molecule has 27 heteroatoms. The molecule has 0 unspecified atom stereocenters. The number of methoxy groups -OCH3 is 2. The number of aromatic nitrogens is 3. The highest BCUT2D eigenvalue weighted by molar-refractivity contribution is 9.11. The lowest BCUT2D eigenvalue weighted by atomic mass is 10.2. The fourth-order valence-electron chi connectivity index (χ4n) is 5.49. The molecule has 3 heterocycles. The van der Waals surface area contributed by atoms with Gasteiger partial charge in [0.1, 0.15) is 32.8 Å². The van der Waals surface area contributed by atoms with E-state index in [-0.39, 0.29) is 29.2 Å². The summed E-state index contributed by atoms with van der Waals surface area (Å²) in [7, 11) is -4.56. The van der Waals surface area contributed by atoms with Gasteiger partial charge in [0.2, 0.25) is 11.9 Å². The van der Waals surface area contributed by atoms with E-state index in [1.165, 1.54) is 36.3 Å². The van der Waals surface area contributed by atoms with E-state index >= 15 is 0 Å². The molecule has 0 fully saturated rings. The van der Waals surface area contributed by atoms with Gasteiger partial charge in [-0.3, -0.25) is 4.55 Å². The smallest absolute Gasteiger partial charge is 0.425 e. The number of aliphatic hydroxyl groups is 1. The third kappa shape index (κ3) is 14.1. The number of benzene rings is 2. The number of aliphatic hydroxyl groups excluding tert-OH is 1. The van der Waals surface area contributed by atoms with Crippen molar-refractivity contribution in [1.29, 1.82) is 0 Å². The van der Waals surface area contributed by atoms with Crippen LogP contribution in [0.25, 0.3) is 0 Å². The summed E-state index contributed by atoms with van der Waals surface area (Å²) in [6.07, 6.45) is 0. The lowest BCUT2D eigenvalue weighted by Gasteiger charge is -2.25. The molecule has 0 atom stereocenters. The van der Waals surface area contributed by atoms with Crippen molar-refractivity contribution < 1.29 is 40.2 Å². The molecule has 0 bridgehead atoms. The summed E-state index contributed by atoms with van der Waals surface area (Å²) in [4.78, 5) is 17.9. The number of anilines is 6. The van der Waals surface area contributed by atoms with Crippen LogP contribution in [0.3, 0.4) is 0 Å². The van der Waals surface area contributed by atoms with Crippen LogP contribution in [0.15, 0.2) is 80.5 Å². The van der Waals surface area contributed by atoms with Gasteiger partial charge in [-0.1, -0.05) is 11.8 Å². The predicted octanol–water partition coefficient (Wildman–Crippen LogP) is 9.87. The van der Waals surface area contributed by atoms with Gasteiger partial charge in [0.15, 0.2) is 10.2 Å².